The number of piperidine rings is 1. The highest BCUT2D eigenvalue weighted by molar-refractivity contribution is 5.79. The number of aryl methyl sites for hydroxylation is 1. The second-order valence-electron chi connectivity index (χ2n) is 8.50. The van der Waals surface area contributed by atoms with Crippen LogP contribution in [0, 0.1) is 12.8 Å². The molecule has 2 aliphatic rings. The summed E-state index contributed by atoms with van der Waals surface area (Å²) >= 11 is 0. The summed E-state index contributed by atoms with van der Waals surface area (Å²) < 4.78 is 34.3. The fourth-order valence-electron chi connectivity index (χ4n) is 4.73. The smallest absolute Gasteiger partial charge is 0.260 e. The SMILES string of the molecule is CCOc1ccc(CC(=O)N2CCCC([C@@H]3C[C@H](C(F)F)n4nc(C)cc4N3)C2)cc1. The summed E-state index contributed by atoms with van der Waals surface area (Å²) in [7, 11) is 0. The van der Waals surface area contributed by atoms with Crippen molar-refractivity contribution in [2.75, 3.05) is 25.0 Å². The van der Waals surface area contributed by atoms with Gasteiger partial charge in [0.15, 0.2) is 0 Å². The third kappa shape index (κ3) is 4.83. The first kappa shape index (κ1) is 21.6. The van der Waals surface area contributed by atoms with Crippen LogP contribution in [0.5, 0.6) is 5.75 Å². The number of amides is 1. The van der Waals surface area contributed by atoms with E-state index in [1.54, 1.807) is 0 Å². The molecule has 2 aromatic rings. The lowest BCUT2D eigenvalue weighted by molar-refractivity contribution is -0.132. The first-order valence-corrected chi connectivity index (χ1v) is 11.0. The van der Waals surface area contributed by atoms with Crippen molar-refractivity contribution in [1.82, 2.24) is 14.7 Å². The average molecular weight is 433 g/mol. The van der Waals surface area contributed by atoms with Gasteiger partial charge in [0.1, 0.15) is 17.6 Å². The maximum absolute atomic E-state index is 13.7. The molecule has 1 fully saturated rings. The minimum atomic E-state index is -2.47. The molecule has 4 rings (SSSR count). The van der Waals surface area contributed by atoms with Crippen LogP contribution >= 0.6 is 0 Å². The van der Waals surface area contributed by atoms with Crippen molar-refractivity contribution in [1.29, 1.82) is 0 Å². The van der Waals surface area contributed by atoms with Crippen molar-refractivity contribution < 1.29 is 18.3 Å². The third-order valence-corrected chi connectivity index (χ3v) is 6.26. The first-order valence-electron chi connectivity index (χ1n) is 11.0. The Morgan fingerprint density at radius 1 is 1.32 bits per heavy atom. The number of nitrogens with one attached hydrogen (secondary N) is 1. The van der Waals surface area contributed by atoms with Crippen molar-refractivity contribution in [3.8, 4) is 5.75 Å². The summed E-state index contributed by atoms with van der Waals surface area (Å²) in [5.41, 5.74) is 1.67. The molecular weight excluding hydrogens is 402 g/mol. The molecular formula is C23H30F2N4O2. The molecule has 168 valence electrons. The van der Waals surface area contributed by atoms with Gasteiger partial charge in [-0.1, -0.05) is 12.1 Å². The molecule has 0 radical (unpaired) electrons. The number of ether oxygens (including phenoxy) is 1. The van der Waals surface area contributed by atoms with E-state index < -0.39 is 12.5 Å². The fourth-order valence-corrected chi connectivity index (χ4v) is 4.73. The van der Waals surface area contributed by atoms with Crippen LogP contribution in [0.15, 0.2) is 30.3 Å². The number of halogens is 2. The molecule has 6 nitrogen and oxygen atoms in total. The van der Waals surface area contributed by atoms with E-state index in [0.717, 1.165) is 29.8 Å². The zero-order chi connectivity index (χ0) is 22.0. The average Bonchev–Trinajstić information content (AvgIpc) is 3.14. The standard InChI is InChI=1S/C23H30F2N4O2/c1-3-31-18-8-6-16(7-9-18)12-22(30)28-10-4-5-17(14-28)19-13-20(23(24)25)29-21(26-19)11-15(2)27-29/h6-9,11,17,19-20,23,26H,3-5,10,12-14H2,1-2H3/t17?,19-,20+/m0/s1. The molecule has 0 aliphatic carbocycles. The van der Waals surface area contributed by atoms with E-state index in [1.165, 1.54) is 4.68 Å². The number of hydrogen-bond acceptors (Lipinski definition) is 4. The Balaban J connectivity index is 1.40. The Morgan fingerprint density at radius 2 is 2.10 bits per heavy atom. The number of fused-ring (bicyclic) bond motifs is 1. The molecule has 1 unspecified atom stereocenters. The van der Waals surface area contributed by atoms with Crippen molar-refractivity contribution in [3.63, 3.8) is 0 Å². The molecule has 1 aromatic carbocycles. The van der Waals surface area contributed by atoms with E-state index >= 15 is 0 Å². The zero-order valence-corrected chi connectivity index (χ0v) is 18.1. The number of anilines is 1. The number of carbonyl (C=O) groups excluding carboxylic acids is 1. The predicted octanol–water partition coefficient (Wildman–Crippen LogP) is 4.06. The van der Waals surface area contributed by atoms with Gasteiger partial charge in [0, 0.05) is 25.2 Å². The Morgan fingerprint density at radius 3 is 2.81 bits per heavy atom. The van der Waals surface area contributed by atoms with Gasteiger partial charge in [-0.3, -0.25) is 4.79 Å². The number of hydrogen-bond donors (Lipinski definition) is 1. The third-order valence-electron chi connectivity index (χ3n) is 6.26. The number of likely N-dealkylation sites (tertiary alicyclic amines) is 1. The molecule has 0 saturated carbocycles. The van der Waals surface area contributed by atoms with Crippen LogP contribution in [0.1, 0.15) is 43.5 Å². The minimum Gasteiger partial charge on any atom is -0.494 e. The number of rotatable bonds is 6. The molecule has 3 heterocycles. The molecule has 2 aliphatic heterocycles. The van der Waals surface area contributed by atoms with Gasteiger partial charge in [-0.05, 0) is 56.7 Å². The lowest BCUT2D eigenvalue weighted by atomic mass is 9.85. The number of carbonyl (C=O) groups is 1. The molecule has 1 amide bonds. The summed E-state index contributed by atoms with van der Waals surface area (Å²) in [6.45, 7) is 5.66. The second kappa shape index (κ2) is 9.24. The van der Waals surface area contributed by atoms with Gasteiger partial charge in [0.25, 0.3) is 6.43 Å². The van der Waals surface area contributed by atoms with Crippen molar-refractivity contribution in [2.24, 2.45) is 5.92 Å². The summed E-state index contributed by atoms with van der Waals surface area (Å²) in [5, 5.41) is 7.66. The van der Waals surface area contributed by atoms with Crippen LogP contribution in [-0.4, -0.2) is 52.8 Å². The Kier molecular flexibility index (Phi) is 6.43. The van der Waals surface area contributed by atoms with E-state index in [-0.39, 0.29) is 17.9 Å². The van der Waals surface area contributed by atoms with Crippen LogP contribution in [0.4, 0.5) is 14.6 Å². The number of nitrogens with zero attached hydrogens (tertiary/aromatic N) is 3. The Hall–Kier alpha value is -2.64. The molecule has 0 spiro atoms. The quantitative estimate of drug-likeness (QED) is 0.748. The van der Waals surface area contributed by atoms with E-state index in [1.807, 2.05) is 49.1 Å². The summed E-state index contributed by atoms with van der Waals surface area (Å²) in [6.07, 6.45) is -0.00725. The van der Waals surface area contributed by atoms with Gasteiger partial charge in [0.05, 0.1) is 18.7 Å². The highest BCUT2D eigenvalue weighted by atomic mass is 19.3. The Bertz CT molecular complexity index is 899. The topological polar surface area (TPSA) is 59.4 Å². The maximum atomic E-state index is 13.7. The summed E-state index contributed by atoms with van der Waals surface area (Å²) in [4.78, 5) is 14.8. The fraction of sp³-hybridized carbons (Fsp3) is 0.565. The van der Waals surface area contributed by atoms with Crippen molar-refractivity contribution in [2.45, 2.75) is 58.0 Å². The van der Waals surface area contributed by atoms with Crippen molar-refractivity contribution >= 4 is 11.7 Å². The number of alkyl halides is 2. The monoisotopic (exact) mass is 432 g/mol. The van der Waals surface area contributed by atoms with Crippen LogP contribution in [0.2, 0.25) is 0 Å². The number of benzene rings is 1. The van der Waals surface area contributed by atoms with Crippen LogP contribution in [0.3, 0.4) is 0 Å². The molecule has 31 heavy (non-hydrogen) atoms. The minimum absolute atomic E-state index is 0.0796. The zero-order valence-electron chi connectivity index (χ0n) is 18.1. The van der Waals surface area contributed by atoms with Crippen molar-refractivity contribution in [3.05, 3.63) is 41.6 Å². The largest absolute Gasteiger partial charge is 0.494 e. The number of aromatic nitrogens is 2. The van der Waals surface area contributed by atoms with Crippen LogP contribution in [0.25, 0.3) is 0 Å². The second-order valence-corrected chi connectivity index (χ2v) is 8.50. The first-order chi connectivity index (χ1) is 14.9. The van der Waals surface area contributed by atoms with Crippen LogP contribution in [-0.2, 0) is 11.2 Å². The summed E-state index contributed by atoms with van der Waals surface area (Å²) in [6, 6.07) is 8.40. The van der Waals surface area contributed by atoms with E-state index in [4.69, 9.17) is 4.74 Å². The van der Waals surface area contributed by atoms with Gasteiger partial charge in [-0.2, -0.15) is 5.10 Å². The van der Waals surface area contributed by atoms with E-state index in [2.05, 4.69) is 10.4 Å². The van der Waals surface area contributed by atoms with Crippen LogP contribution < -0.4 is 10.1 Å². The lowest BCUT2D eigenvalue weighted by Crippen LogP contribution is -2.48. The highest BCUT2D eigenvalue weighted by Gasteiger charge is 2.38. The van der Waals surface area contributed by atoms with E-state index in [9.17, 15) is 13.6 Å². The molecule has 1 aromatic heterocycles. The van der Waals surface area contributed by atoms with Gasteiger partial charge >= 0.3 is 0 Å². The van der Waals surface area contributed by atoms with Gasteiger partial charge in [-0.25, -0.2) is 13.5 Å². The molecule has 3 atom stereocenters. The lowest BCUT2D eigenvalue weighted by Gasteiger charge is -2.41. The Labute approximate surface area is 181 Å². The molecule has 1 N–H and O–H groups in total. The van der Waals surface area contributed by atoms with Gasteiger partial charge in [0.2, 0.25) is 5.91 Å². The summed E-state index contributed by atoms with van der Waals surface area (Å²) in [5.74, 6) is 1.67. The molecule has 0 bridgehead atoms. The molecule has 1 saturated heterocycles. The highest BCUT2D eigenvalue weighted by Crippen LogP contribution is 2.36. The predicted molar refractivity (Wildman–Crippen MR) is 115 cm³/mol. The van der Waals surface area contributed by atoms with E-state index in [0.29, 0.717) is 38.4 Å². The van der Waals surface area contributed by atoms with Gasteiger partial charge in [-0.15, -0.1) is 0 Å². The maximum Gasteiger partial charge on any atom is 0.260 e. The normalized spacial score (nSPS) is 23.4. The molecule has 8 heteroatoms. The van der Waals surface area contributed by atoms with Gasteiger partial charge < -0.3 is 15.0 Å².